The summed E-state index contributed by atoms with van der Waals surface area (Å²) >= 11 is 0. The van der Waals surface area contributed by atoms with Crippen LogP contribution in [0.3, 0.4) is 0 Å². The zero-order chi connectivity index (χ0) is 11.4. The van der Waals surface area contributed by atoms with Crippen LogP contribution in [0.4, 0.5) is 8.78 Å². The molecule has 0 aliphatic heterocycles. The highest BCUT2D eigenvalue weighted by Crippen LogP contribution is 2.17. The van der Waals surface area contributed by atoms with Crippen LogP contribution in [0.5, 0.6) is 0 Å². The highest BCUT2D eigenvalue weighted by Gasteiger charge is 2.13. The van der Waals surface area contributed by atoms with Crippen LogP contribution in [-0.2, 0) is 0 Å². The van der Waals surface area contributed by atoms with Crippen LogP contribution >= 0.6 is 0 Å². The first-order valence-corrected chi connectivity index (χ1v) is 4.86. The molecule has 0 amide bonds. The molecule has 0 radical (unpaired) electrons. The van der Waals surface area contributed by atoms with Gasteiger partial charge in [-0.1, -0.05) is 6.07 Å². The van der Waals surface area contributed by atoms with Crippen LogP contribution in [-0.4, -0.2) is 17.8 Å². The Hall–Kier alpha value is -1.00. The third kappa shape index (κ3) is 3.25. The van der Waals surface area contributed by atoms with Gasteiger partial charge in [-0.25, -0.2) is 8.78 Å². The molecule has 0 aliphatic carbocycles. The van der Waals surface area contributed by atoms with Crippen molar-refractivity contribution in [3.05, 3.63) is 35.4 Å². The largest absolute Gasteiger partial charge is 0.395 e. The van der Waals surface area contributed by atoms with E-state index in [1.54, 1.807) is 13.8 Å². The molecule has 2 atom stereocenters. The molecule has 15 heavy (non-hydrogen) atoms. The lowest BCUT2D eigenvalue weighted by Gasteiger charge is -2.19. The first-order chi connectivity index (χ1) is 7.04. The van der Waals surface area contributed by atoms with Gasteiger partial charge in [-0.05, 0) is 19.9 Å². The van der Waals surface area contributed by atoms with Crippen molar-refractivity contribution in [2.45, 2.75) is 25.9 Å². The minimum Gasteiger partial charge on any atom is -0.395 e. The summed E-state index contributed by atoms with van der Waals surface area (Å²) in [4.78, 5) is 0. The minimum atomic E-state index is -0.585. The molecule has 2 N–H and O–H groups in total. The van der Waals surface area contributed by atoms with Gasteiger partial charge in [0.1, 0.15) is 11.6 Å². The average Bonchev–Trinajstić information content (AvgIpc) is 2.17. The summed E-state index contributed by atoms with van der Waals surface area (Å²) in [6, 6.07) is 3.11. The van der Waals surface area contributed by atoms with E-state index in [2.05, 4.69) is 5.32 Å². The summed E-state index contributed by atoms with van der Waals surface area (Å²) in [6.07, 6.45) is 0. The van der Waals surface area contributed by atoms with Gasteiger partial charge in [-0.3, -0.25) is 0 Å². The number of nitrogens with one attached hydrogen (secondary N) is 1. The quantitative estimate of drug-likeness (QED) is 0.805. The second-order valence-electron chi connectivity index (χ2n) is 3.64. The Kier molecular flexibility index (Phi) is 4.17. The van der Waals surface area contributed by atoms with Crippen LogP contribution in [0.25, 0.3) is 0 Å². The van der Waals surface area contributed by atoms with Gasteiger partial charge in [0.05, 0.1) is 6.61 Å². The molecule has 0 aromatic heterocycles. The molecule has 0 saturated heterocycles. The third-order valence-electron chi connectivity index (χ3n) is 2.24. The normalized spacial score (nSPS) is 15.0. The average molecular weight is 215 g/mol. The zero-order valence-electron chi connectivity index (χ0n) is 8.80. The number of benzene rings is 1. The molecule has 1 aromatic carbocycles. The van der Waals surface area contributed by atoms with Gasteiger partial charge < -0.3 is 10.4 Å². The van der Waals surface area contributed by atoms with Crippen LogP contribution in [0.2, 0.25) is 0 Å². The summed E-state index contributed by atoms with van der Waals surface area (Å²) in [5.41, 5.74) is 0.400. The molecule has 0 saturated carbocycles. The Morgan fingerprint density at radius 3 is 2.53 bits per heavy atom. The SMILES string of the molecule is CC(N[C@H](C)CO)c1ccc(F)cc1F. The van der Waals surface area contributed by atoms with Gasteiger partial charge in [0.25, 0.3) is 0 Å². The van der Waals surface area contributed by atoms with Crippen LogP contribution in [0, 0.1) is 11.6 Å². The second kappa shape index (κ2) is 5.19. The van der Waals surface area contributed by atoms with E-state index in [-0.39, 0.29) is 18.7 Å². The van der Waals surface area contributed by atoms with Gasteiger partial charge in [-0.15, -0.1) is 0 Å². The maximum absolute atomic E-state index is 13.3. The second-order valence-corrected chi connectivity index (χ2v) is 3.64. The fourth-order valence-corrected chi connectivity index (χ4v) is 1.42. The van der Waals surface area contributed by atoms with Crippen molar-refractivity contribution in [1.29, 1.82) is 0 Å². The van der Waals surface area contributed by atoms with Crippen molar-refractivity contribution in [3.63, 3.8) is 0 Å². The number of rotatable bonds is 4. The molecule has 1 unspecified atom stereocenters. The predicted molar refractivity (Wildman–Crippen MR) is 54.5 cm³/mol. The molecule has 2 nitrogen and oxygen atoms in total. The minimum absolute atomic E-state index is 0.0207. The Morgan fingerprint density at radius 2 is 2.00 bits per heavy atom. The van der Waals surface area contributed by atoms with Crippen molar-refractivity contribution in [2.75, 3.05) is 6.61 Å². The van der Waals surface area contributed by atoms with E-state index < -0.39 is 11.6 Å². The van der Waals surface area contributed by atoms with Gasteiger partial charge >= 0.3 is 0 Å². The molecule has 1 aromatic rings. The number of aliphatic hydroxyl groups is 1. The van der Waals surface area contributed by atoms with E-state index >= 15 is 0 Å². The van der Waals surface area contributed by atoms with E-state index in [1.165, 1.54) is 12.1 Å². The molecule has 0 fully saturated rings. The first-order valence-electron chi connectivity index (χ1n) is 4.86. The van der Waals surface area contributed by atoms with E-state index in [0.717, 1.165) is 6.07 Å². The summed E-state index contributed by atoms with van der Waals surface area (Å²) in [5.74, 6) is -1.15. The molecule has 0 spiro atoms. The van der Waals surface area contributed by atoms with Crippen molar-refractivity contribution in [3.8, 4) is 0 Å². The van der Waals surface area contributed by atoms with Crippen LogP contribution in [0.1, 0.15) is 25.5 Å². The highest BCUT2D eigenvalue weighted by atomic mass is 19.1. The first kappa shape index (κ1) is 12.1. The van der Waals surface area contributed by atoms with Crippen molar-refractivity contribution < 1.29 is 13.9 Å². The topological polar surface area (TPSA) is 32.3 Å². The summed E-state index contributed by atoms with van der Waals surface area (Å²) in [6.45, 7) is 3.54. The number of hydrogen-bond acceptors (Lipinski definition) is 2. The smallest absolute Gasteiger partial charge is 0.130 e. The standard InChI is InChI=1S/C11H15F2NO/c1-7(6-15)14-8(2)10-4-3-9(12)5-11(10)13/h3-5,7-8,14-15H,6H2,1-2H3/t7-,8?/m1/s1. The monoisotopic (exact) mass is 215 g/mol. The van der Waals surface area contributed by atoms with Crippen molar-refractivity contribution >= 4 is 0 Å². The fourth-order valence-electron chi connectivity index (χ4n) is 1.42. The van der Waals surface area contributed by atoms with Gasteiger partial charge in [-0.2, -0.15) is 0 Å². The summed E-state index contributed by atoms with van der Waals surface area (Å²) in [7, 11) is 0. The van der Waals surface area contributed by atoms with Crippen LogP contribution in [0.15, 0.2) is 18.2 Å². The molecule has 1 rings (SSSR count). The molecule has 0 bridgehead atoms. The zero-order valence-corrected chi connectivity index (χ0v) is 8.80. The van der Waals surface area contributed by atoms with E-state index in [4.69, 9.17) is 5.11 Å². The number of aliphatic hydroxyl groups excluding tert-OH is 1. The lowest BCUT2D eigenvalue weighted by molar-refractivity contribution is 0.242. The Bertz CT molecular complexity index is 330. The number of halogens is 2. The molecular formula is C11H15F2NO. The Balaban J connectivity index is 2.77. The summed E-state index contributed by atoms with van der Waals surface area (Å²) in [5, 5.41) is 11.8. The van der Waals surface area contributed by atoms with E-state index in [1.807, 2.05) is 0 Å². The lowest BCUT2D eigenvalue weighted by atomic mass is 10.1. The van der Waals surface area contributed by atoms with E-state index in [0.29, 0.717) is 5.56 Å². The molecular weight excluding hydrogens is 200 g/mol. The molecule has 0 heterocycles. The Labute approximate surface area is 87.9 Å². The Morgan fingerprint density at radius 1 is 1.33 bits per heavy atom. The van der Waals surface area contributed by atoms with Gasteiger partial charge in [0.2, 0.25) is 0 Å². The summed E-state index contributed by atoms with van der Waals surface area (Å²) < 4.78 is 26.0. The predicted octanol–water partition coefficient (Wildman–Crippen LogP) is 2.00. The maximum Gasteiger partial charge on any atom is 0.130 e. The lowest BCUT2D eigenvalue weighted by Crippen LogP contribution is -2.32. The molecule has 4 heteroatoms. The highest BCUT2D eigenvalue weighted by molar-refractivity contribution is 5.21. The maximum atomic E-state index is 13.3. The van der Waals surface area contributed by atoms with Gasteiger partial charge in [0, 0.05) is 23.7 Å². The number of hydrogen-bond donors (Lipinski definition) is 2. The van der Waals surface area contributed by atoms with Gasteiger partial charge in [0.15, 0.2) is 0 Å². The third-order valence-corrected chi connectivity index (χ3v) is 2.24. The molecule has 84 valence electrons. The van der Waals surface area contributed by atoms with Crippen molar-refractivity contribution in [1.82, 2.24) is 5.32 Å². The van der Waals surface area contributed by atoms with Crippen LogP contribution < -0.4 is 5.32 Å². The van der Waals surface area contributed by atoms with Crippen molar-refractivity contribution in [2.24, 2.45) is 0 Å². The fraction of sp³-hybridized carbons (Fsp3) is 0.455. The van der Waals surface area contributed by atoms with E-state index in [9.17, 15) is 8.78 Å². The molecule has 0 aliphatic rings.